The van der Waals surface area contributed by atoms with Crippen molar-refractivity contribution in [1.29, 1.82) is 0 Å². The molecule has 0 saturated carbocycles. The SMILES string of the molecule is CCCn1c(N(C)CC2CCCN2CC)n[nH]c1=S. The zero-order valence-electron chi connectivity index (χ0n) is 12.2. The molecule has 1 atom stereocenters. The lowest BCUT2D eigenvalue weighted by Crippen LogP contribution is -2.39. The van der Waals surface area contributed by atoms with Gasteiger partial charge in [-0.25, -0.2) is 5.10 Å². The Morgan fingerprint density at radius 3 is 2.95 bits per heavy atom. The van der Waals surface area contributed by atoms with E-state index in [4.69, 9.17) is 12.2 Å². The number of aromatic amines is 1. The van der Waals surface area contributed by atoms with E-state index in [0.29, 0.717) is 6.04 Å². The molecule has 108 valence electrons. The first kappa shape index (κ1) is 14.5. The number of nitrogens with zero attached hydrogens (tertiary/aromatic N) is 4. The Labute approximate surface area is 120 Å². The smallest absolute Gasteiger partial charge is 0.225 e. The first-order chi connectivity index (χ1) is 9.17. The third kappa shape index (κ3) is 3.17. The van der Waals surface area contributed by atoms with Gasteiger partial charge in [0, 0.05) is 26.2 Å². The van der Waals surface area contributed by atoms with Crippen LogP contribution in [0.1, 0.15) is 33.1 Å². The number of H-pyrrole nitrogens is 1. The molecule has 1 saturated heterocycles. The fourth-order valence-corrected chi connectivity index (χ4v) is 3.16. The second-order valence-electron chi connectivity index (χ2n) is 5.29. The van der Waals surface area contributed by atoms with Gasteiger partial charge in [-0.3, -0.25) is 9.47 Å². The average molecular weight is 283 g/mol. The second-order valence-corrected chi connectivity index (χ2v) is 5.67. The molecule has 5 nitrogen and oxygen atoms in total. The number of rotatable bonds is 6. The van der Waals surface area contributed by atoms with Crippen LogP contribution < -0.4 is 4.90 Å². The Morgan fingerprint density at radius 1 is 1.47 bits per heavy atom. The van der Waals surface area contributed by atoms with Gasteiger partial charge < -0.3 is 4.90 Å². The lowest BCUT2D eigenvalue weighted by molar-refractivity contribution is 0.270. The molecule has 0 radical (unpaired) electrons. The van der Waals surface area contributed by atoms with Crippen molar-refractivity contribution in [2.75, 3.05) is 31.6 Å². The van der Waals surface area contributed by atoms with E-state index in [9.17, 15) is 0 Å². The molecule has 1 N–H and O–H groups in total. The first-order valence-electron chi connectivity index (χ1n) is 7.27. The van der Waals surface area contributed by atoms with Gasteiger partial charge in [-0.15, -0.1) is 5.10 Å². The summed E-state index contributed by atoms with van der Waals surface area (Å²) in [6.07, 6.45) is 3.67. The van der Waals surface area contributed by atoms with Crippen LogP contribution in [0.2, 0.25) is 0 Å². The summed E-state index contributed by atoms with van der Waals surface area (Å²) in [6.45, 7) is 8.73. The number of hydrogen-bond acceptors (Lipinski definition) is 4. The maximum absolute atomic E-state index is 5.29. The van der Waals surface area contributed by atoms with E-state index in [2.05, 4.69) is 45.5 Å². The quantitative estimate of drug-likeness (QED) is 0.813. The summed E-state index contributed by atoms with van der Waals surface area (Å²) < 4.78 is 2.82. The number of hydrogen-bond donors (Lipinski definition) is 1. The molecule has 0 bridgehead atoms. The summed E-state index contributed by atoms with van der Waals surface area (Å²) in [5.41, 5.74) is 0. The molecule has 6 heteroatoms. The molecule has 1 aromatic heterocycles. The van der Waals surface area contributed by atoms with Crippen molar-refractivity contribution in [2.24, 2.45) is 0 Å². The highest BCUT2D eigenvalue weighted by Crippen LogP contribution is 2.19. The van der Waals surface area contributed by atoms with E-state index in [0.717, 1.165) is 36.8 Å². The number of aromatic nitrogens is 3. The van der Waals surface area contributed by atoms with Crippen molar-refractivity contribution in [1.82, 2.24) is 19.7 Å². The van der Waals surface area contributed by atoms with Gasteiger partial charge in [0.05, 0.1) is 0 Å². The van der Waals surface area contributed by atoms with Gasteiger partial charge in [0.1, 0.15) is 0 Å². The summed E-state index contributed by atoms with van der Waals surface area (Å²) in [7, 11) is 2.11. The van der Waals surface area contributed by atoms with Gasteiger partial charge in [-0.05, 0) is 44.6 Å². The van der Waals surface area contributed by atoms with E-state index in [1.54, 1.807) is 0 Å². The van der Waals surface area contributed by atoms with Gasteiger partial charge in [-0.1, -0.05) is 13.8 Å². The molecular formula is C13H25N5S. The number of likely N-dealkylation sites (N-methyl/N-ethyl adjacent to an activating group) is 2. The van der Waals surface area contributed by atoms with Crippen LogP contribution in [0.3, 0.4) is 0 Å². The van der Waals surface area contributed by atoms with Crippen LogP contribution in [0, 0.1) is 4.77 Å². The minimum absolute atomic E-state index is 0.648. The lowest BCUT2D eigenvalue weighted by atomic mass is 10.2. The highest BCUT2D eigenvalue weighted by atomic mass is 32.1. The van der Waals surface area contributed by atoms with Crippen LogP contribution in [0.4, 0.5) is 5.95 Å². The van der Waals surface area contributed by atoms with E-state index in [-0.39, 0.29) is 0 Å². The molecule has 1 unspecified atom stereocenters. The number of nitrogens with one attached hydrogen (secondary N) is 1. The van der Waals surface area contributed by atoms with E-state index in [1.165, 1.54) is 19.4 Å². The summed E-state index contributed by atoms with van der Waals surface area (Å²) in [5.74, 6) is 0.967. The van der Waals surface area contributed by atoms with Crippen molar-refractivity contribution < 1.29 is 0 Å². The Hall–Kier alpha value is -0.880. The molecule has 0 amide bonds. The Morgan fingerprint density at radius 2 is 2.26 bits per heavy atom. The molecule has 2 rings (SSSR count). The van der Waals surface area contributed by atoms with Crippen molar-refractivity contribution in [3.05, 3.63) is 4.77 Å². The summed E-state index contributed by atoms with van der Waals surface area (Å²) >= 11 is 5.29. The van der Waals surface area contributed by atoms with Gasteiger partial charge >= 0.3 is 0 Å². The summed E-state index contributed by atoms with van der Waals surface area (Å²) in [4.78, 5) is 4.79. The van der Waals surface area contributed by atoms with E-state index in [1.807, 2.05) is 0 Å². The highest BCUT2D eigenvalue weighted by Gasteiger charge is 2.25. The van der Waals surface area contributed by atoms with Crippen LogP contribution >= 0.6 is 12.2 Å². The van der Waals surface area contributed by atoms with E-state index < -0.39 is 0 Å². The van der Waals surface area contributed by atoms with Gasteiger partial charge in [0.2, 0.25) is 5.95 Å². The van der Waals surface area contributed by atoms with Crippen molar-refractivity contribution >= 4 is 18.2 Å². The molecule has 1 fully saturated rings. The third-order valence-electron chi connectivity index (χ3n) is 3.92. The van der Waals surface area contributed by atoms with Gasteiger partial charge in [0.25, 0.3) is 0 Å². The van der Waals surface area contributed by atoms with Crippen LogP contribution in [0.5, 0.6) is 0 Å². The molecule has 1 aromatic rings. The summed E-state index contributed by atoms with van der Waals surface area (Å²) in [6, 6.07) is 0.648. The molecule has 0 aromatic carbocycles. The van der Waals surface area contributed by atoms with Gasteiger partial charge in [0.15, 0.2) is 4.77 Å². The largest absolute Gasteiger partial charge is 0.342 e. The Balaban J connectivity index is 2.07. The minimum atomic E-state index is 0.648. The topological polar surface area (TPSA) is 40.1 Å². The molecular weight excluding hydrogens is 258 g/mol. The third-order valence-corrected chi connectivity index (χ3v) is 4.23. The molecule has 2 heterocycles. The van der Waals surface area contributed by atoms with Crippen LogP contribution in [0.25, 0.3) is 0 Å². The standard InChI is InChI=1S/C13H25N5S/c1-4-8-18-12(14-15-13(18)19)16(3)10-11-7-6-9-17(11)5-2/h11H,4-10H2,1-3H3,(H,15,19). The fourth-order valence-electron chi connectivity index (χ4n) is 2.94. The maximum atomic E-state index is 5.29. The van der Waals surface area contributed by atoms with Crippen molar-refractivity contribution in [3.8, 4) is 0 Å². The van der Waals surface area contributed by atoms with Gasteiger partial charge in [-0.2, -0.15) is 0 Å². The first-order valence-corrected chi connectivity index (χ1v) is 7.68. The van der Waals surface area contributed by atoms with E-state index >= 15 is 0 Å². The van der Waals surface area contributed by atoms with Crippen LogP contribution in [0.15, 0.2) is 0 Å². The van der Waals surface area contributed by atoms with Crippen molar-refractivity contribution in [2.45, 2.75) is 45.7 Å². The number of anilines is 1. The molecule has 1 aliphatic heterocycles. The normalized spacial score (nSPS) is 20.1. The van der Waals surface area contributed by atoms with Crippen LogP contribution in [-0.4, -0.2) is 52.4 Å². The Bertz CT molecular complexity index is 452. The molecule has 0 aliphatic carbocycles. The number of likely N-dealkylation sites (tertiary alicyclic amines) is 1. The highest BCUT2D eigenvalue weighted by molar-refractivity contribution is 7.71. The lowest BCUT2D eigenvalue weighted by Gasteiger charge is -2.28. The molecule has 1 aliphatic rings. The zero-order chi connectivity index (χ0) is 13.8. The molecule has 0 spiro atoms. The second kappa shape index (κ2) is 6.52. The monoisotopic (exact) mass is 283 g/mol. The predicted octanol–water partition coefficient (Wildman–Crippen LogP) is 2.27. The fraction of sp³-hybridized carbons (Fsp3) is 0.846. The predicted molar refractivity (Wildman–Crippen MR) is 81.2 cm³/mol. The minimum Gasteiger partial charge on any atom is -0.342 e. The molecule has 19 heavy (non-hydrogen) atoms. The average Bonchev–Trinajstić information content (AvgIpc) is 2.98. The van der Waals surface area contributed by atoms with Crippen molar-refractivity contribution in [3.63, 3.8) is 0 Å². The Kier molecular flexibility index (Phi) is 4.99. The summed E-state index contributed by atoms with van der Waals surface area (Å²) in [5, 5.41) is 7.29. The zero-order valence-corrected chi connectivity index (χ0v) is 13.0. The van der Waals surface area contributed by atoms with Crippen LogP contribution in [-0.2, 0) is 6.54 Å². The maximum Gasteiger partial charge on any atom is 0.225 e.